The zero-order chi connectivity index (χ0) is 20.9. The summed E-state index contributed by atoms with van der Waals surface area (Å²) in [4.78, 5) is 17.3. The monoisotopic (exact) mass is 420 g/mol. The van der Waals surface area contributed by atoms with E-state index in [0.717, 1.165) is 51.6 Å². The number of ether oxygens (including phenoxy) is 1. The topological polar surface area (TPSA) is 51.2 Å². The Bertz CT molecular complexity index is 1010. The molecule has 2 aromatic carbocycles. The van der Waals surface area contributed by atoms with Crippen molar-refractivity contribution in [2.45, 2.75) is 43.7 Å². The highest BCUT2D eigenvalue weighted by Gasteiger charge is 2.20. The van der Waals surface area contributed by atoms with E-state index in [4.69, 9.17) is 9.72 Å². The van der Waals surface area contributed by atoms with Crippen LogP contribution < -0.4 is 10.1 Å². The lowest BCUT2D eigenvalue weighted by atomic mass is 9.87. The predicted molar refractivity (Wildman–Crippen MR) is 124 cm³/mol. The lowest BCUT2D eigenvalue weighted by Crippen LogP contribution is -2.38. The number of nitrogens with one attached hydrogen (secondary N) is 1. The minimum absolute atomic E-state index is 0.0911. The van der Waals surface area contributed by atoms with Crippen LogP contribution in [-0.2, 0) is 4.79 Å². The number of carbonyl (C=O) groups excluding carboxylic acids is 1. The van der Waals surface area contributed by atoms with Crippen molar-refractivity contribution in [1.82, 2.24) is 10.3 Å². The SMILES string of the molecule is COc1ccc2c(-c3ccccc3)cc(SCC(=O)NC3CCC(C)CC3)nc2c1. The molecule has 1 aromatic heterocycles. The third-order valence-corrected chi connectivity index (χ3v) is 6.72. The summed E-state index contributed by atoms with van der Waals surface area (Å²) in [6.45, 7) is 2.29. The number of rotatable bonds is 6. The quantitative estimate of drug-likeness (QED) is 0.520. The van der Waals surface area contributed by atoms with Gasteiger partial charge in [0.2, 0.25) is 5.91 Å². The molecule has 0 aliphatic heterocycles. The molecule has 0 saturated heterocycles. The first-order valence-corrected chi connectivity index (χ1v) is 11.6. The normalized spacial score (nSPS) is 18.9. The molecule has 1 aliphatic carbocycles. The van der Waals surface area contributed by atoms with Gasteiger partial charge in [0, 0.05) is 17.5 Å². The maximum Gasteiger partial charge on any atom is 0.230 e. The molecule has 4 rings (SSSR count). The summed E-state index contributed by atoms with van der Waals surface area (Å²) in [5.41, 5.74) is 3.13. The number of aromatic nitrogens is 1. The number of thioether (sulfide) groups is 1. The summed E-state index contributed by atoms with van der Waals surface area (Å²) in [5.74, 6) is 2.03. The Morgan fingerprint density at radius 2 is 1.87 bits per heavy atom. The summed E-state index contributed by atoms with van der Waals surface area (Å²) < 4.78 is 5.39. The lowest BCUT2D eigenvalue weighted by Gasteiger charge is -2.26. The fourth-order valence-corrected chi connectivity index (χ4v) is 4.78. The van der Waals surface area contributed by atoms with Crippen molar-refractivity contribution in [2.75, 3.05) is 12.9 Å². The number of hydrogen-bond acceptors (Lipinski definition) is 4. The first kappa shape index (κ1) is 20.7. The number of methoxy groups -OCH3 is 1. The standard InChI is InChI=1S/C25H28N2O2S/c1-17-8-10-19(11-9-17)26-24(28)16-30-25-15-22(18-6-4-3-5-7-18)21-13-12-20(29-2)14-23(21)27-25/h3-7,12-15,17,19H,8-11,16H2,1-2H3,(H,26,28). The second-order valence-electron chi connectivity index (χ2n) is 8.07. The Morgan fingerprint density at radius 3 is 2.60 bits per heavy atom. The summed E-state index contributed by atoms with van der Waals surface area (Å²) in [6, 6.07) is 18.7. The third kappa shape index (κ3) is 4.96. The zero-order valence-corrected chi connectivity index (χ0v) is 18.4. The molecule has 0 radical (unpaired) electrons. The van der Waals surface area contributed by atoms with Crippen LogP contribution in [-0.4, -0.2) is 29.8 Å². The van der Waals surface area contributed by atoms with Gasteiger partial charge in [0.05, 0.1) is 23.4 Å². The van der Waals surface area contributed by atoms with Gasteiger partial charge in [-0.2, -0.15) is 0 Å². The first-order valence-electron chi connectivity index (χ1n) is 10.6. The van der Waals surface area contributed by atoms with Crippen molar-refractivity contribution in [1.29, 1.82) is 0 Å². The molecule has 0 unspecified atom stereocenters. The van der Waals surface area contributed by atoms with E-state index < -0.39 is 0 Å². The third-order valence-electron chi connectivity index (χ3n) is 5.81. The maximum absolute atomic E-state index is 12.5. The molecule has 4 nitrogen and oxygen atoms in total. The van der Waals surface area contributed by atoms with Crippen LogP contribution in [0, 0.1) is 5.92 Å². The van der Waals surface area contributed by atoms with Gasteiger partial charge in [-0.05, 0) is 60.9 Å². The number of benzene rings is 2. The fraction of sp³-hybridized carbons (Fsp3) is 0.360. The summed E-state index contributed by atoms with van der Waals surface area (Å²) in [6.07, 6.45) is 4.58. The Hall–Kier alpha value is -2.53. The molecular weight excluding hydrogens is 392 g/mol. The molecule has 1 aliphatic rings. The van der Waals surface area contributed by atoms with Gasteiger partial charge in [0.1, 0.15) is 5.75 Å². The Labute approximate surface area is 182 Å². The summed E-state index contributed by atoms with van der Waals surface area (Å²) in [7, 11) is 1.66. The number of hydrogen-bond donors (Lipinski definition) is 1. The molecule has 1 N–H and O–H groups in total. The van der Waals surface area contributed by atoms with E-state index in [-0.39, 0.29) is 5.91 Å². The summed E-state index contributed by atoms with van der Waals surface area (Å²) >= 11 is 1.49. The molecule has 0 atom stereocenters. The van der Waals surface area contributed by atoms with Crippen LogP contribution in [0.3, 0.4) is 0 Å². The van der Waals surface area contributed by atoms with Crippen LogP contribution in [0.25, 0.3) is 22.0 Å². The van der Waals surface area contributed by atoms with Gasteiger partial charge in [-0.1, -0.05) is 49.0 Å². The molecule has 156 valence electrons. The summed E-state index contributed by atoms with van der Waals surface area (Å²) in [5, 5.41) is 5.13. The van der Waals surface area contributed by atoms with Gasteiger partial charge in [-0.3, -0.25) is 4.79 Å². The number of carbonyl (C=O) groups is 1. The van der Waals surface area contributed by atoms with Crippen LogP contribution >= 0.6 is 11.8 Å². The molecule has 0 bridgehead atoms. The molecule has 1 heterocycles. The largest absolute Gasteiger partial charge is 0.497 e. The molecule has 1 saturated carbocycles. The van der Waals surface area contributed by atoms with Crippen molar-refractivity contribution >= 4 is 28.6 Å². The molecule has 1 amide bonds. The average molecular weight is 421 g/mol. The van der Waals surface area contributed by atoms with Crippen molar-refractivity contribution < 1.29 is 9.53 Å². The second-order valence-corrected chi connectivity index (χ2v) is 9.07. The molecule has 1 fully saturated rings. The van der Waals surface area contributed by atoms with Crippen molar-refractivity contribution in [3.63, 3.8) is 0 Å². The van der Waals surface area contributed by atoms with E-state index >= 15 is 0 Å². The number of pyridine rings is 1. The smallest absolute Gasteiger partial charge is 0.230 e. The van der Waals surface area contributed by atoms with Gasteiger partial charge in [-0.15, -0.1) is 0 Å². The molecule has 5 heteroatoms. The van der Waals surface area contributed by atoms with Crippen molar-refractivity contribution in [3.05, 3.63) is 54.6 Å². The highest BCUT2D eigenvalue weighted by molar-refractivity contribution is 7.99. The first-order chi connectivity index (χ1) is 14.6. The van der Waals surface area contributed by atoms with Gasteiger partial charge in [-0.25, -0.2) is 4.98 Å². The zero-order valence-electron chi connectivity index (χ0n) is 17.6. The van der Waals surface area contributed by atoms with E-state index in [1.165, 1.54) is 24.6 Å². The minimum atomic E-state index is 0.0911. The van der Waals surface area contributed by atoms with E-state index in [1.54, 1.807) is 7.11 Å². The van der Waals surface area contributed by atoms with E-state index in [9.17, 15) is 4.79 Å². The molecular formula is C25H28N2O2S. The maximum atomic E-state index is 12.5. The van der Waals surface area contributed by atoms with Crippen LogP contribution in [0.5, 0.6) is 5.75 Å². The molecule has 3 aromatic rings. The van der Waals surface area contributed by atoms with Crippen LogP contribution in [0.2, 0.25) is 0 Å². The highest BCUT2D eigenvalue weighted by Crippen LogP contribution is 2.33. The molecule has 30 heavy (non-hydrogen) atoms. The van der Waals surface area contributed by atoms with E-state index in [2.05, 4.69) is 36.5 Å². The number of nitrogens with zero attached hydrogens (tertiary/aromatic N) is 1. The Balaban J connectivity index is 1.54. The highest BCUT2D eigenvalue weighted by atomic mass is 32.2. The number of amides is 1. The number of fused-ring (bicyclic) bond motifs is 1. The van der Waals surface area contributed by atoms with E-state index in [0.29, 0.717) is 11.8 Å². The average Bonchev–Trinajstić information content (AvgIpc) is 2.79. The lowest BCUT2D eigenvalue weighted by molar-refractivity contribution is -0.119. The van der Waals surface area contributed by atoms with Gasteiger partial charge in [0.25, 0.3) is 0 Å². The minimum Gasteiger partial charge on any atom is -0.497 e. The van der Waals surface area contributed by atoms with Gasteiger partial charge >= 0.3 is 0 Å². The Kier molecular flexibility index (Phi) is 6.58. The van der Waals surface area contributed by atoms with Crippen LogP contribution in [0.4, 0.5) is 0 Å². The fourth-order valence-electron chi connectivity index (χ4n) is 4.05. The molecule has 0 spiro atoms. The van der Waals surface area contributed by atoms with Crippen LogP contribution in [0.15, 0.2) is 59.6 Å². The second kappa shape index (κ2) is 9.52. The van der Waals surface area contributed by atoms with E-state index in [1.807, 2.05) is 30.3 Å². The van der Waals surface area contributed by atoms with Crippen molar-refractivity contribution in [3.8, 4) is 16.9 Å². The predicted octanol–water partition coefficient (Wildman–Crippen LogP) is 5.70. The Morgan fingerprint density at radius 1 is 1.10 bits per heavy atom. The van der Waals surface area contributed by atoms with Crippen LogP contribution in [0.1, 0.15) is 32.6 Å². The van der Waals surface area contributed by atoms with Gasteiger partial charge in [0.15, 0.2) is 0 Å². The van der Waals surface area contributed by atoms with Crippen molar-refractivity contribution in [2.24, 2.45) is 5.92 Å². The van der Waals surface area contributed by atoms with Gasteiger partial charge < -0.3 is 10.1 Å².